The molecule has 0 aliphatic heterocycles. The lowest BCUT2D eigenvalue weighted by atomic mass is 9.99. The molecule has 0 atom stereocenters. The molecule has 0 radical (unpaired) electrons. The molecule has 1 amide bonds. The third-order valence-electron chi connectivity index (χ3n) is 4.48. The van der Waals surface area contributed by atoms with Gasteiger partial charge in [0.1, 0.15) is 0 Å². The van der Waals surface area contributed by atoms with Crippen LogP contribution < -0.4 is 5.32 Å². The summed E-state index contributed by atoms with van der Waals surface area (Å²) in [7, 11) is 0. The zero-order chi connectivity index (χ0) is 17.5. The highest BCUT2D eigenvalue weighted by Crippen LogP contribution is 2.32. The van der Waals surface area contributed by atoms with Crippen molar-refractivity contribution in [3.63, 3.8) is 0 Å². The molecule has 0 aliphatic carbocycles. The molecule has 3 nitrogen and oxygen atoms in total. The third-order valence-corrected chi connectivity index (χ3v) is 4.48. The van der Waals surface area contributed by atoms with Crippen LogP contribution in [0.4, 0.5) is 0 Å². The maximum absolute atomic E-state index is 12.6. The molecular weight excluding hydrogens is 310 g/mol. The highest BCUT2D eigenvalue weighted by molar-refractivity contribution is 6.10. The van der Waals surface area contributed by atoms with Gasteiger partial charge in [0.15, 0.2) is 5.76 Å². The van der Waals surface area contributed by atoms with Gasteiger partial charge in [-0.15, -0.1) is 0 Å². The minimum absolute atomic E-state index is 0.131. The molecule has 0 saturated heterocycles. The van der Waals surface area contributed by atoms with Gasteiger partial charge in [0, 0.05) is 17.3 Å². The summed E-state index contributed by atoms with van der Waals surface area (Å²) in [6.07, 6.45) is 7.55. The van der Waals surface area contributed by atoms with Crippen LogP contribution in [-0.4, -0.2) is 12.5 Å². The first-order valence-electron chi connectivity index (χ1n) is 9.15. The number of benzene rings is 2. The highest BCUT2D eigenvalue weighted by atomic mass is 16.3. The molecule has 1 heterocycles. The average Bonchev–Trinajstić information content (AvgIpc) is 3.09. The van der Waals surface area contributed by atoms with Gasteiger partial charge >= 0.3 is 0 Å². The first-order chi connectivity index (χ1) is 12.3. The molecule has 0 aliphatic rings. The van der Waals surface area contributed by atoms with Crippen LogP contribution in [0.3, 0.4) is 0 Å². The second kappa shape index (κ2) is 8.52. The van der Waals surface area contributed by atoms with Crippen molar-refractivity contribution < 1.29 is 9.21 Å². The van der Waals surface area contributed by atoms with Gasteiger partial charge in [-0.3, -0.25) is 4.79 Å². The van der Waals surface area contributed by atoms with Gasteiger partial charge in [0.05, 0.1) is 6.26 Å². The number of carbonyl (C=O) groups excluding carboxylic acids is 1. The van der Waals surface area contributed by atoms with Gasteiger partial charge in [-0.2, -0.15) is 0 Å². The van der Waals surface area contributed by atoms with E-state index in [1.165, 1.54) is 19.3 Å². The number of amides is 1. The van der Waals surface area contributed by atoms with E-state index in [2.05, 4.69) is 24.4 Å². The molecule has 0 unspecified atom stereocenters. The number of hydrogen-bond acceptors (Lipinski definition) is 2. The second-order valence-electron chi connectivity index (χ2n) is 6.37. The van der Waals surface area contributed by atoms with Crippen molar-refractivity contribution in [1.82, 2.24) is 5.32 Å². The summed E-state index contributed by atoms with van der Waals surface area (Å²) < 4.78 is 5.62. The van der Waals surface area contributed by atoms with Crippen LogP contribution >= 0.6 is 0 Å². The second-order valence-corrected chi connectivity index (χ2v) is 6.37. The molecular formula is C22H25NO2. The number of hydrogen-bond donors (Lipinski definition) is 1. The molecule has 25 heavy (non-hydrogen) atoms. The Morgan fingerprint density at radius 3 is 2.56 bits per heavy atom. The van der Waals surface area contributed by atoms with Gasteiger partial charge in [0.2, 0.25) is 0 Å². The minimum Gasteiger partial charge on any atom is -0.458 e. The molecule has 3 rings (SSSR count). The van der Waals surface area contributed by atoms with Crippen molar-refractivity contribution in [3.8, 4) is 11.1 Å². The number of carbonyl (C=O) groups is 1. The van der Waals surface area contributed by atoms with E-state index in [1.54, 1.807) is 6.26 Å². The fraction of sp³-hybridized carbons (Fsp3) is 0.318. The van der Waals surface area contributed by atoms with Crippen LogP contribution in [0.25, 0.3) is 21.9 Å². The lowest BCUT2D eigenvalue weighted by molar-refractivity contribution is 0.0927. The molecule has 130 valence electrons. The smallest absolute Gasteiger partial charge is 0.287 e. The number of fused-ring (bicyclic) bond motifs is 1. The predicted octanol–water partition coefficient (Wildman–Crippen LogP) is 5.80. The van der Waals surface area contributed by atoms with E-state index < -0.39 is 0 Å². The number of unbranched alkanes of at least 4 members (excludes halogenated alkanes) is 4. The Morgan fingerprint density at radius 2 is 1.76 bits per heavy atom. The molecule has 0 saturated carbocycles. The van der Waals surface area contributed by atoms with Crippen molar-refractivity contribution in [1.29, 1.82) is 0 Å². The molecule has 1 aromatic heterocycles. The molecule has 0 fully saturated rings. The van der Waals surface area contributed by atoms with Gasteiger partial charge in [-0.25, -0.2) is 0 Å². The van der Waals surface area contributed by atoms with E-state index in [4.69, 9.17) is 4.42 Å². The van der Waals surface area contributed by atoms with E-state index in [-0.39, 0.29) is 5.91 Å². The summed E-state index contributed by atoms with van der Waals surface area (Å²) in [5, 5.41) is 4.84. The maximum Gasteiger partial charge on any atom is 0.287 e. The van der Waals surface area contributed by atoms with Gasteiger partial charge < -0.3 is 9.73 Å². The molecule has 2 aromatic carbocycles. The van der Waals surface area contributed by atoms with E-state index in [1.807, 2.05) is 36.4 Å². The average molecular weight is 335 g/mol. The normalized spacial score (nSPS) is 10.9. The Kier molecular flexibility index (Phi) is 5.89. The fourth-order valence-electron chi connectivity index (χ4n) is 3.14. The first kappa shape index (κ1) is 17.3. The molecule has 0 spiro atoms. The van der Waals surface area contributed by atoms with E-state index >= 15 is 0 Å². The van der Waals surface area contributed by atoms with E-state index in [9.17, 15) is 4.79 Å². The van der Waals surface area contributed by atoms with Crippen LogP contribution in [0.1, 0.15) is 49.6 Å². The Balaban J connectivity index is 1.77. The zero-order valence-electron chi connectivity index (χ0n) is 14.8. The molecule has 0 bridgehead atoms. The summed E-state index contributed by atoms with van der Waals surface area (Å²) >= 11 is 0. The minimum atomic E-state index is -0.131. The van der Waals surface area contributed by atoms with Crippen molar-refractivity contribution in [3.05, 3.63) is 60.6 Å². The van der Waals surface area contributed by atoms with E-state index in [0.717, 1.165) is 34.7 Å². The van der Waals surface area contributed by atoms with Crippen LogP contribution in [0, 0.1) is 0 Å². The lowest BCUT2D eigenvalue weighted by Gasteiger charge is -2.07. The van der Waals surface area contributed by atoms with Crippen molar-refractivity contribution in [2.75, 3.05) is 6.54 Å². The Hall–Kier alpha value is -2.55. The number of furan rings is 1. The summed E-state index contributed by atoms with van der Waals surface area (Å²) in [5.41, 5.74) is 2.11. The third kappa shape index (κ3) is 4.11. The van der Waals surface area contributed by atoms with Gasteiger partial charge in [-0.1, -0.05) is 81.1 Å². The Bertz CT molecular complexity index is 820. The molecule has 3 aromatic rings. The zero-order valence-corrected chi connectivity index (χ0v) is 14.8. The lowest BCUT2D eigenvalue weighted by Crippen LogP contribution is -2.24. The summed E-state index contributed by atoms with van der Waals surface area (Å²) in [4.78, 5) is 12.6. The number of nitrogens with one attached hydrogen (secondary N) is 1. The van der Waals surface area contributed by atoms with E-state index in [0.29, 0.717) is 12.3 Å². The first-order valence-corrected chi connectivity index (χ1v) is 9.15. The summed E-state index contributed by atoms with van der Waals surface area (Å²) in [6.45, 7) is 2.90. The van der Waals surface area contributed by atoms with Crippen LogP contribution in [0.2, 0.25) is 0 Å². The highest BCUT2D eigenvalue weighted by Gasteiger charge is 2.18. The van der Waals surface area contributed by atoms with Gasteiger partial charge in [-0.05, 0) is 17.5 Å². The summed E-state index contributed by atoms with van der Waals surface area (Å²) in [5.74, 6) is 0.275. The SMILES string of the molecule is CCCCCCCNC(=O)c1occ2cccc(-c3ccccc3)c12. The van der Waals surface area contributed by atoms with Gasteiger partial charge in [0.25, 0.3) is 5.91 Å². The van der Waals surface area contributed by atoms with Crippen molar-refractivity contribution in [2.45, 2.75) is 39.0 Å². The van der Waals surface area contributed by atoms with Crippen molar-refractivity contribution >= 4 is 16.7 Å². The van der Waals surface area contributed by atoms with Crippen LogP contribution in [0.5, 0.6) is 0 Å². The molecule has 3 heteroatoms. The Labute approximate surface area is 149 Å². The quantitative estimate of drug-likeness (QED) is 0.529. The Morgan fingerprint density at radius 1 is 0.960 bits per heavy atom. The van der Waals surface area contributed by atoms with Crippen LogP contribution in [0.15, 0.2) is 59.2 Å². The predicted molar refractivity (Wildman–Crippen MR) is 103 cm³/mol. The number of rotatable bonds is 8. The fourth-order valence-corrected chi connectivity index (χ4v) is 3.14. The summed E-state index contributed by atoms with van der Waals surface area (Å²) in [6, 6.07) is 16.1. The monoisotopic (exact) mass is 335 g/mol. The largest absolute Gasteiger partial charge is 0.458 e. The standard InChI is InChI=1S/C22H25NO2/c1-2-3-4-5-9-15-23-22(24)21-20-18(16-25-21)13-10-14-19(20)17-11-7-6-8-12-17/h6-8,10-14,16H,2-5,9,15H2,1H3,(H,23,24). The maximum atomic E-state index is 12.6. The van der Waals surface area contributed by atoms with Crippen LogP contribution in [-0.2, 0) is 0 Å². The topological polar surface area (TPSA) is 42.2 Å². The molecule has 1 N–H and O–H groups in total. The van der Waals surface area contributed by atoms with Crippen molar-refractivity contribution in [2.24, 2.45) is 0 Å².